The minimum absolute atomic E-state index is 0.0496. The topological polar surface area (TPSA) is 135 Å². The molecule has 0 radical (unpaired) electrons. The van der Waals surface area contributed by atoms with E-state index in [-0.39, 0.29) is 34.3 Å². The number of oxime groups is 1. The van der Waals surface area contributed by atoms with Gasteiger partial charge in [0.2, 0.25) is 23.6 Å². The molecule has 2 aromatic rings. The van der Waals surface area contributed by atoms with Gasteiger partial charge in [0, 0.05) is 0 Å². The second kappa shape index (κ2) is 5.53. The number of nitrogen functional groups attached to an aromatic ring is 1. The van der Waals surface area contributed by atoms with E-state index < -0.39 is 5.82 Å². The molecule has 104 valence electrons. The molecule has 1 aromatic heterocycles. The Labute approximate surface area is 117 Å². The van der Waals surface area contributed by atoms with Crippen molar-refractivity contribution in [1.29, 1.82) is 0 Å². The van der Waals surface area contributed by atoms with Gasteiger partial charge < -0.3 is 22.0 Å². The molecule has 2 rings (SSSR count). The molecular weight excluding hydrogens is 289 g/mol. The lowest BCUT2D eigenvalue weighted by atomic mass is 10.3. The van der Waals surface area contributed by atoms with Crippen molar-refractivity contribution in [3.8, 4) is 0 Å². The molecular formula is C10H9ClFN7O. The Balaban J connectivity index is 2.39. The van der Waals surface area contributed by atoms with Gasteiger partial charge in [0.25, 0.3) is 0 Å². The molecule has 8 nitrogen and oxygen atoms in total. The van der Waals surface area contributed by atoms with Crippen molar-refractivity contribution >= 4 is 35.0 Å². The Morgan fingerprint density at radius 2 is 2.10 bits per heavy atom. The molecule has 0 saturated carbocycles. The number of hydrogen-bond acceptors (Lipinski definition) is 7. The van der Waals surface area contributed by atoms with E-state index in [0.29, 0.717) is 0 Å². The van der Waals surface area contributed by atoms with Crippen LogP contribution in [0.3, 0.4) is 0 Å². The monoisotopic (exact) mass is 297 g/mol. The van der Waals surface area contributed by atoms with E-state index in [9.17, 15) is 4.39 Å². The van der Waals surface area contributed by atoms with Crippen LogP contribution in [0, 0.1) is 5.82 Å². The van der Waals surface area contributed by atoms with E-state index in [1.807, 2.05) is 0 Å². The lowest BCUT2D eigenvalue weighted by molar-refractivity contribution is 0.318. The molecule has 1 heterocycles. The predicted molar refractivity (Wildman–Crippen MR) is 71.4 cm³/mol. The number of benzene rings is 1. The first-order chi connectivity index (χ1) is 9.51. The number of nitrogens with one attached hydrogen (secondary N) is 1. The van der Waals surface area contributed by atoms with Gasteiger partial charge in [-0.25, -0.2) is 4.39 Å². The summed E-state index contributed by atoms with van der Waals surface area (Å²) in [7, 11) is 0. The van der Waals surface area contributed by atoms with Gasteiger partial charge in [-0.15, -0.1) is 0 Å². The number of nitrogens with zero attached hydrogens (tertiary/aromatic N) is 4. The zero-order valence-corrected chi connectivity index (χ0v) is 10.6. The summed E-state index contributed by atoms with van der Waals surface area (Å²) in [5, 5.41) is 13.8. The van der Waals surface area contributed by atoms with E-state index in [0.717, 1.165) is 0 Å². The summed E-state index contributed by atoms with van der Waals surface area (Å²) in [5.74, 6) is -1.41. The van der Waals surface area contributed by atoms with Crippen molar-refractivity contribution in [2.45, 2.75) is 0 Å². The highest BCUT2D eigenvalue weighted by Crippen LogP contribution is 2.24. The number of aromatic nitrogens is 3. The first-order valence-corrected chi connectivity index (χ1v) is 5.59. The van der Waals surface area contributed by atoms with Crippen LogP contribution < -0.4 is 16.8 Å². The van der Waals surface area contributed by atoms with Gasteiger partial charge in [0.15, 0.2) is 5.82 Å². The number of halogens is 2. The van der Waals surface area contributed by atoms with Crippen LogP contribution in [-0.2, 0) is 0 Å². The van der Waals surface area contributed by atoms with Crippen LogP contribution in [-0.4, -0.2) is 26.0 Å². The highest BCUT2D eigenvalue weighted by atomic mass is 35.5. The minimum atomic E-state index is -0.668. The maximum atomic E-state index is 13.7. The van der Waals surface area contributed by atoms with E-state index in [4.69, 9.17) is 28.3 Å². The van der Waals surface area contributed by atoms with Gasteiger partial charge >= 0.3 is 0 Å². The van der Waals surface area contributed by atoms with Crippen LogP contribution in [0.4, 0.5) is 22.0 Å². The van der Waals surface area contributed by atoms with Crippen molar-refractivity contribution in [3.63, 3.8) is 0 Å². The Morgan fingerprint density at radius 3 is 2.80 bits per heavy atom. The first-order valence-electron chi connectivity index (χ1n) is 5.21. The van der Waals surface area contributed by atoms with Crippen LogP contribution in [0.5, 0.6) is 0 Å². The number of amidine groups is 1. The molecule has 20 heavy (non-hydrogen) atoms. The third-order valence-corrected chi connectivity index (χ3v) is 2.48. The van der Waals surface area contributed by atoms with E-state index in [1.54, 1.807) is 6.07 Å². The highest BCUT2D eigenvalue weighted by molar-refractivity contribution is 6.31. The summed E-state index contributed by atoms with van der Waals surface area (Å²) in [6.45, 7) is 0. The fourth-order valence-corrected chi connectivity index (χ4v) is 1.50. The van der Waals surface area contributed by atoms with Gasteiger partial charge in [0.1, 0.15) is 0 Å². The van der Waals surface area contributed by atoms with Crippen LogP contribution in [0.1, 0.15) is 5.82 Å². The standard InChI is InChI=1S/C10H9ClFN7O/c11-4-2-1-3-5(6(4)12)15-10-17-8(7(13)19-20)16-9(14)18-10/h1-3,20H,(H2,13,19)(H3,14,15,16,17,18). The summed E-state index contributed by atoms with van der Waals surface area (Å²) in [5.41, 5.74) is 10.9. The molecule has 0 amide bonds. The summed E-state index contributed by atoms with van der Waals surface area (Å²) >= 11 is 5.65. The minimum Gasteiger partial charge on any atom is -0.409 e. The second-order valence-corrected chi connectivity index (χ2v) is 3.96. The molecule has 0 aliphatic carbocycles. The largest absolute Gasteiger partial charge is 0.409 e. The number of anilines is 3. The normalized spacial score (nSPS) is 11.4. The summed E-state index contributed by atoms with van der Waals surface area (Å²) < 4.78 is 13.7. The van der Waals surface area contributed by atoms with Crippen molar-refractivity contribution in [2.75, 3.05) is 11.1 Å². The zero-order valence-electron chi connectivity index (χ0n) is 9.88. The molecule has 0 spiro atoms. The van der Waals surface area contributed by atoms with Gasteiger partial charge in [-0.1, -0.05) is 22.8 Å². The van der Waals surface area contributed by atoms with Crippen molar-refractivity contribution < 1.29 is 9.60 Å². The lowest BCUT2D eigenvalue weighted by Crippen LogP contribution is -2.19. The highest BCUT2D eigenvalue weighted by Gasteiger charge is 2.11. The maximum Gasteiger partial charge on any atom is 0.232 e. The number of hydrogen-bond donors (Lipinski definition) is 4. The SMILES string of the molecule is N/C(=N\O)c1nc(N)nc(Nc2cccc(Cl)c2F)n1. The van der Waals surface area contributed by atoms with Crippen molar-refractivity contribution in [3.05, 3.63) is 34.9 Å². The Kier molecular flexibility index (Phi) is 3.80. The van der Waals surface area contributed by atoms with Crippen LogP contribution in [0.2, 0.25) is 5.02 Å². The molecule has 0 unspecified atom stereocenters. The second-order valence-electron chi connectivity index (χ2n) is 3.55. The predicted octanol–water partition coefficient (Wildman–Crippen LogP) is 1.08. The fourth-order valence-electron chi connectivity index (χ4n) is 1.33. The zero-order chi connectivity index (χ0) is 14.7. The lowest BCUT2D eigenvalue weighted by Gasteiger charge is -2.08. The average Bonchev–Trinajstić information content (AvgIpc) is 2.42. The first kappa shape index (κ1) is 13.7. The van der Waals surface area contributed by atoms with Crippen LogP contribution >= 0.6 is 11.6 Å². The van der Waals surface area contributed by atoms with Gasteiger partial charge in [-0.3, -0.25) is 0 Å². The quantitative estimate of drug-likeness (QED) is 0.288. The van der Waals surface area contributed by atoms with Crippen LogP contribution in [0.25, 0.3) is 0 Å². The summed E-state index contributed by atoms with van der Waals surface area (Å²) in [6.07, 6.45) is 0. The Hall–Kier alpha value is -2.68. The molecule has 0 bridgehead atoms. The van der Waals surface area contributed by atoms with Gasteiger partial charge in [-0.2, -0.15) is 15.0 Å². The molecule has 6 N–H and O–H groups in total. The van der Waals surface area contributed by atoms with E-state index >= 15 is 0 Å². The van der Waals surface area contributed by atoms with Gasteiger partial charge in [0.05, 0.1) is 10.7 Å². The van der Waals surface area contributed by atoms with Crippen molar-refractivity contribution in [1.82, 2.24) is 15.0 Å². The smallest absolute Gasteiger partial charge is 0.232 e. The molecule has 0 aliphatic heterocycles. The third kappa shape index (κ3) is 2.83. The Morgan fingerprint density at radius 1 is 1.35 bits per heavy atom. The van der Waals surface area contributed by atoms with Gasteiger partial charge in [-0.05, 0) is 12.1 Å². The fraction of sp³-hybridized carbons (Fsp3) is 0. The molecule has 10 heteroatoms. The Bertz CT molecular complexity index is 679. The third-order valence-electron chi connectivity index (χ3n) is 2.19. The van der Waals surface area contributed by atoms with Crippen LogP contribution in [0.15, 0.2) is 23.4 Å². The summed E-state index contributed by atoms with van der Waals surface area (Å²) in [6, 6.07) is 4.37. The maximum absolute atomic E-state index is 13.7. The van der Waals surface area contributed by atoms with E-state index in [1.165, 1.54) is 12.1 Å². The number of nitrogens with two attached hydrogens (primary N) is 2. The molecule has 1 aromatic carbocycles. The average molecular weight is 298 g/mol. The molecule has 0 saturated heterocycles. The molecule has 0 atom stereocenters. The summed E-state index contributed by atoms with van der Waals surface area (Å²) in [4.78, 5) is 11.3. The number of rotatable bonds is 3. The van der Waals surface area contributed by atoms with Crippen molar-refractivity contribution in [2.24, 2.45) is 10.9 Å². The molecule has 0 fully saturated rings. The van der Waals surface area contributed by atoms with E-state index in [2.05, 4.69) is 25.4 Å². The molecule has 0 aliphatic rings.